The van der Waals surface area contributed by atoms with Crippen LogP contribution in [0.3, 0.4) is 0 Å². The Morgan fingerprint density at radius 2 is 2.25 bits per heavy atom. The standard InChI is InChI=1S/C19H28F2N4O2.HI/c1-2-23-19(25-8-4-6-15(12-25)10-18(22)26)24-11-14-5-3-7-16(9-14)27-13-17(20)21;/h3,5,7,9,15,17H,2,4,6,8,10-13H2,1H3,(H2,22,26)(H,23,24);1H. The molecule has 1 atom stereocenters. The number of nitrogens with two attached hydrogens (primary N) is 1. The highest BCUT2D eigenvalue weighted by Gasteiger charge is 2.23. The quantitative estimate of drug-likeness (QED) is 0.320. The van der Waals surface area contributed by atoms with Crippen molar-refractivity contribution in [3.8, 4) is 5.75 Å². The molecule has 1 heterocycles. The summed E-state index contributed by atoms with van der Waals surface area (Å²) in [4.78, 5) is 18.0. The van der Waals surface area contributed by atoms with Crippen molar-refractivity contribution in [2.24, 2.45) is 16.6 Å². The molecule has 1 amide bonds. The number of halogens is 3. The van der Waals surface area contributed by atoms with E-state index in [1.54, 1.807) is 18.2 Å². The monoisotopic (exact) mass is 510 g/mol. The fraction of sp³-hybridized carbons (Fsp3) is 0.579. The van der Waals surface area contributed by atoms with E-state index in [9.17, 15) is 13.6 Å². The molecule has 0 radical (unpaired) electrons. The van der Waals surface area contributed by atoms with Gasteiger partial charge in [0.05, 0.1) is 6.54 Å². The third-order valence-corrected chi connectivity index (χ3v) is 4.33. The van der Waals surface area contributed by atoms with Gasteiger partial charge in [-0.1, -0.05) is 12.1 Å². The SMILES string of the molecule is CCNC(=NCc1cccc(OCC(F)F)c1)N1CCCC(CC(N)=O)C1.I. The van der Waals surface area contributed by atoms with Gasteiger partial charge in [-0.25, -0.2) is 13.8 Å². The van der Waals surface area contributed by atoms with E-state index < -0.39 is 13.0 Å². The first kappa shape index (κ1) is 24.4. The Morgan fingerprint density at radius 3 is 2.93 bits per heavy atom. The number of rotatable bonds is 8. The molecular weight excluding hydrogens is 481 g/mol. The number of benzene rings is 1. The Morgan fingerprint density at radius 1 is 1.46 bits per heavy atom. The molecule has 1 unspecified atom stereocenters. The molecule has 0 saturated carbocycles. The van der Waals surface area contributed by atoms with Crippen molar-refractivity contribution in [3.05, 3.63) is 29.8 Å². The van der Waals surface area contributed by atoms with Crippen molar-refractivity contribution < 1.29 is 18.3 Å². The molecule has 1 aliphatic heterocycles. The van der Waals surface area contributed by atoms with Crippen molar-refractivity contribution in [1.29, 1.82) is 0 Å². The van der Waals surface area contributed by atoms with Crippen LogP contribution in [0.15, 0.2) is 29.3 Å². The Bertz CT molecular complexity index is 646. The first-order chi connectivity index (χ1) is 13.0. The molecule has 1 aromatic carbocycles. The van der Waals surface area contributed by atoms with E-state index >= 15 is 0 Å². The van der Waals surface area contributed by atoms with Crippen molar-refractivity contribution in [1.82, 2.24) is 10.2 Å². The van der Waals surface area contributed by atoms with Gasteiger partial charge in [-0.3, -0.25) is 4.79 Å². The van der Waals surface area contributed by atoms with Crippen molar-refractivity contribution >= 4 is 35.8 Å². The molecule has 1 aromatic rings. The minimum absolute atomic E-state index is 0. The van der Waals surface area contributed by atoms with Gasteiger partial charge in [-0.05, 0) is 43.4 Å². The van der Waals surface area contributed by atoms with Crippen LogP contribution in [-0.4, -0.2) is 49.4 Å². The van der Waals surface area contributed by atoms with Gasteiger partial charge in [-0.2, -0.15) is 0 Å². The van der Waals surface area contributed by atoms with Gasteiger partial charge in [0, 0.05) is 26.1 Å². The molecule has 0 bridgehead atoms. The summed E-state index contributed by atoms with van der Waals surface area (Å²) in [5.74, 6) is 1.16. The zero-order valence-electron chi connectivity index (χ0n) is 16.1. The summed E-state index contributed by atoms with van der Waals surface area (Å²) in [5.41, 5.74) is 6.21. The fourth-order valence-corrected chi connectivity index (χ4v) is 3.19. The molecule has 2 rings (SSSR count). The largest absolute Gasteiger partial charge is 0.488 e. The van der Waals surface area contributed by atoms with E-state index in [0.717, 1.165) is 44.0 Å². The van der Waals surface area contributed by atoms with Crippen LogP contribution >= 0.6 is 24.0 Å². The Hall–Kier alpha value is -1.65. The van der Waals surface area contributed by atoms with Crippen molar-refractivity contribution in [2.45, 2.75) is 39.2 Å². The summed E-state index contributed by atoms with van der Waals surface area (Å²) < 4.78 is 29.6. The lowest BCUT2D eigenvalue weighted by atomic mass is 9.95. The van der Waals surface area contributed by atoms with Crippen LogP contribution in [0.4, 0.5) is 8.78 Å². The number of nitrogens with one attached hydrogen (secondary N) is 1. The Kier molecular flexibility index (Phi) is 11.1. The minimum atomic E-state index is -2.50. The number of aliphatic imine (C=N–C) groups is 1. The van der Waals surface area contributed by atoms with Crippen LogP contribution < -0.4 is 15.8 Å². The number of ether oxygens (including phenoxy) is 1. The molecule has 3 N–H and O–H groups in total. The van der Waals surface area contributed by atoms with Crippen LogP contribution in [0.5, 0.6) is 5.75 Å². The zero-order valence-corrected chi connectivity index (χ0v) is 18.4. The van der Waals surface area contributed by atoms with E-state index in [4.69, 9.17) is 10.5 Å². The van der Waals surface area contributed by atoms with Gasteiger partial charge >= 0.3 is 0 Å². The normalized spacial score (nSPS) is 17.2. The maximum Gasteiger partial charge on any atom is 0.272 e. The summed E-state index contributed by atoms with van der Waals surface area (Å²) in [5, 5.41) is 3.28. The summed E-state index contributed by atoms with van der Waals surface area (Å²) >= 11 is 0. The topological polar surface area (TPSA) is 80.0 Å². The van der Waals surface area contributed by atoms with Crippen molar-refractivity contribution in [2.75, 3.05) is 26.2 Å². The molecule has 0 aromatic heterocycles. The third kappa shape index (κ3) is 8.57. The van der Waals surface area contributed by atoms with Gasteiger partial charge in [-0.15, -0.1) is 24.0 Å². The average Bonchev–Trinajstić information content (AvgIpc) is 2.63. The highest BCUT2D eigenvalue weighted by Crippen LogP contribution is 2.20. The first-order valence-electron chi connectivity index (χ1n) is 9.29. The molecule has 28 heavy (non-hydrogen) atoms. The molecular formula is C19H29F2IN4O2. The number of carbonyl (C=O) groups excluding carboxylic acids is 1. The lowest BCUT2D eigenvalue weighted by molar-refractivity contribution is -0.119. The maximum absolute atomic E-state index is 12.3. The smallest absolute Gasteiger partial charge is 0.272 e. The molecule has 1 fully saturated rings. The molecule has 0 spiro atoms. The van der Waals surface area contributed by atoms with Gasteiger partial charge in [0.1, 0.15) is 12.4 Å². The number of piperidine rings is 1. The van der Waals surface area contributed by atoms with Crippen molar-refractivity contribution in [3.63, 3.8) is 0 Å². The van der Waals surface area contributed by atoms with Crippen LogP contribution in [-0.2, 0) is 11.3 Å². The van der Waals surface area contributed by atoms with Gasteiger partial charge in [0.15, 0.2) is 5.96 Å². The number of amides is 1. The molecule has 158 valence electrons. The second kappa shape index (κ2) is 12.7. The second-order valence-corrected chi connectivity index (χ2v) is 6.64. The Balaban J connectivity index is 0.00000392. The zero-order chi connectivity index (χ0) is 19.6. The van der Waals surface area contributed by atoms with E-state index in [2.05, 4.69) is 15.2 Å². The fourth-order valence-electron chi connectivity index (χ4n) is 3.19. The van der Waals surface area contributed by atoms with Gasteiger partial charge in [0.2, 0.25) is 5.91 Å². The van der Waals surface area contributed by atoms with E-state index in [0.29, 0.717) is 18.7 Å². The number of hydrogen-bond donors (Lipinski definition) is 2. The summed E-state index contributed by atoms with van der Waals surface area (Å²) in [6.07, 6.45) is -0.138. The van der Waals surface area contributed by atoms with Crippen LogP contribution in [0.2, 0.25) is 0 Å². The lowest BCUT2D eigenvalue weighted by Crippen LogP contribution is -2.47. The number of carbonyl (C=O) groups is 1. The number of alkyl halides is 2. The highest BCUT2D eigenvalue weighted by molar-refractivity contribution is 14.0. The molecule has 0 aliphatic carbocycles. The minimum Gasteiger partial charge on any atom is -0.488 e. The van der Waals surface area contributed by atoms with E-state index in [1.165, 1.54) is 0 Å². The lowest BCUT2D eigenvalue weighted by Gasteiger charge is -2.34. The van der Waals surface area contributed by atoms with Crippen LogP contribution in [0.25, 0.3) is 0 Å². The number of likely N-dealkylation sites (tertiary alicyclic amines) is 1. The molecule has 6 nitrogen and oxygen atoms in total. The van der Waals surface area contributed by atoms with Crippen LogP contribution in [0, 0.1) is 5.92 Å². The molecule has 1 saturated heterocycles. The molecule has 9 heteroatoms. The summed E-state index contributed by atoms with van der Waals surface area (Å²) in [7, 11) is 0. The molecule has 1 aliphatic rings. The first-order valence-corrected chi connectivity index (χ1v) is 9.29. The number of nitrogens with zero attached hydrogens (tertiary/aromatic N) is 2. The average molecular weight is 510 g/mol. The highest BCUT2D eigenvalue weighted by atomic mass is 127. The maximum atomic E-state index is 12.3. The number of guanidine groups is 1. The summed E-state index contributed by atoms with van der Waals surface area (Å²) in [6, 6.07) is 7.03. The second-order valence-electron chi connectivity index (χ2n) is 6.64. The third-order valence-electron chi connectivity index (χ3n) is 4.33. The summed E-state index contributed by atoms with van der Waals surface area (Å²) in [6.45, 7) is 4.13. The Labute approximate surface area is 181 Å². The van der Waals surface area contributed by atoms with Crippen LogP contribution in [0.1, 0.15) is 31.7 Å². The van der Waals surface area contributed by atoms with E-state index in [1.807, 2.05) is 13.0 Å². The van der Waals surface area contributed by atoms with Gasteiger partial charge in [0.25, 0.3) is 6.43 Å². The predicted molar refractivity (Wildman–Crippen MR) is 116 cm³/mol. The van der Waals surface area contributed by atoms with Gasteiger partial charge < -0.3 is 20.7 Å². The number of hydrogen-bond acceptors (Lipinski definition) is 3. The number of primary amides is 1. The van der Waals surface area contributed by atoms with E-state index in [-0.39, 0.29) is 35.8 Å². The predicted octanol–water partition coefficient (Wildman–Crippen LogP) is 3.00.